The summed E-state index contributed by atoms with van der Waals surface area (Å²) < 4.78 is 15.2. The number of aliphatic hydroxyl groups is 2. The maximum atomic E-state index is 13.4. The fraction of sp³-hybridized carbons (Fsp3) is 0.370. The zero-order valence-corrected chi connectivity index (χ0v) is 18.6. The molecule has 1 heterocycles. The predicted molar refractivity (Wildman–Crippen MR) is 123 cm³/mol. The molecule has 2 aromatic carbocycles. The van der Waals surface area contributed by atoms with Crippen LogP contribution in [0.25, 0.3) is 11.8 Å². The first kappa shape index (κ1) is 21.1. The molecule has 3 atom stereocenters. The third-order valence-electron chi connectivity index (χ3n) is 7.91. The molecule has 3 unspecified atom stereocenters. The van der Waals surface area contributed by atoms with Crippen molar-refractivity contribution in [1.29, 1.82) is 0 Å². The first-order chi connectivity index (χ1) is 15.3. The van der Waals surface area contributed by atoms with E-state index < -0.39 is 11.5 Å². The van der Waals surface area contributed by atoms with Crippen molar-refractivity contribution < 1.29 is 14.6 Å². The summed E-state index contributed by atoms with van der Waals surface area (Å²) in [6.07, 6.45) is 6.45. The number of benzene rings is 2. The number of aryl methyl sites for hydroxylation is 1. The number of allylic oxidation sites excluding steroid dienone is 1. The molecule has 5 heteroatoms. The molecule has 2 N–H and O–H groups in total. The van der Waals surface area contributed by atoms with E-state index in [0.29, 0.717) is 6.42 Å². The standard InChI is InChI=1S/C27H29FN2O2/c1-18-3-5-19(6-4-18)25(32)15-27(17-31)12-11-21-13-24-20(14-26(21,27)2)16-29-30(24)23-9-7-22(28)8-10-23/h3-10,13,16,25,31-32H,11-12,14-15,17H2,1-2H3. The Kier molecular flexibility index (Phi) is 5.06. The number of rotatable bonds is 5. The normalized spacial score (nSPS) is 25.2. The molecule has 1 aromatic heterocycles. The summed E-state index contributed by atoms with van der Waals surface area (Å²) in [5.74, 6) is -0.267. The Labute approximate surface area is 188 Å². The molecule has 32 heavy (non-hydrogen) atoms. The molecule has 4 nitrogen and oxygen atoms in total. The van der Waals surface area contributed by atoms with Crippen LogP contribution >= 0.6 is 0 Å². The molecule has 1 saturated carbocycles. The molecule has 0 saturated heterocycles. The lowest BCUT2D eigenvalue weighted by molar-refractivity contribution is -0.0138. The van der Waals surface area contributed by atoms with Crippen LogP contribution in [0.2, 0.25) is 0 Å². The number of halogens is 1. The van der Waals surface area contributed by atoms with Crippen molar-refractivity contribution in [2.75, 3.05) is 6.61 Å². The third kappa shape index (κ3) is 3.23. The quantitative estimate of drug-likeness (QED) is 0.585. The molecular weight excluding hydrogens is 403 g/mol. The van der Waals surface area contributed by atoms with Crippen molar-refractivity contribution in [1.82, 2.24) is 9.78 Å². The SMILES string of the molecule is Cc1ccc(C(O)CC2(CO)CCC3=Cc4c(cnn4-c4ccc(F)cc4)CC32C)cc1. The number of fused-ring (bicyclic) bond motifs is 2. The lowest BCUT2D eigenvalue weighted by atomic mass is 9.59. The average Bonchev–Trinajstić information content (AvgIpc) is 3.31. The third-order valence-corrected chi connectivity index (χ3v) is 7.91. The van der Waals surface area contributed by atoms with E-state index in [4.69, 9.17) is 0 Å². The van der Waals surface area contributed by atoms with Crippen molar-refractivity contribution in [2.45, 2.75) is 45.6 Å². The van der Waals surface area contributed by atoms with Crippen LogP contribution in [0.1, 0.15) is 54.7 Å². The molecular formula is C27H29FN2O2. The van der Waals surface area contributed by atoms with Crippen LogP contribution < -0.4 is 0 Å². The van der Waals surface area contributed by atoms with Crippen LogP contribution in [0.5, 0.6) is 0 Å². The Hall–Kier alpha value is -2.76. The molecule has 0 bridgehead atoms. The first-order valence-corrected chi connectivity index (χ1v) is 11.2. The zero-order valence-electron chi connectivity index (χ0n) is 18.6. The highest BCUT2D eigenvalue weighted by molar-refractivity contribution is 5.62. The van der Waals surface area contributed by atoms with Crippen molar-refractivity contribution in [3.05, 3.63) is 88.5 Å². The summed E-state index contributed by atoms with van der Waals surface area (Å²) in [7, 11) is 0. The Morgan fingerprint density at radius 1 is 1.12 bits per heavy atom. The zero-order chi connectivity index (χ0) is 22.5. The number of aliphatic hydroxyl groups excluding tert-OH is 2. The Morgan fingerprint density at radius 3 is 2.53 bits per heavy atom. The van der Waals surface area contributed by atoms with Gasteiger partial charge in [0.25, 0.3) is 0 Å². The van der Waals surface area contributed by atoms with Crippen molar-refractivity contribution in [3.63, 3.8) is 0 Å². The second-order valence-corrected chi connectivity index (χ2v) is 9.69. The summed E-state index contributed by atoms with van der Waals surface area (Å²) in [5, 5.41) is 26.3. The molecule has 3 aromatic rings. The topological polar surface area (TPSA) is 58.3 Å². The fourth-order valence-corrected chi connectivity index (χ4v) is 5.74. The van der Waals surface area contributed by atoms with Crippen molar-refractivity contribution >= 4 is 6.08 Å². The van der Waals surface area contributed by atoms with Crippen LogP contribution in [0.3, 0.4) is 0 Å². The molecule has 1 fully saturated rings. The van der Waals surface area contributed by atoms with Gasteiger partial charge in [-0.3, -0.25) is 0 Å². The highest BCUT2D eigenvalue weighted by atomic mass is 19.1. The van der Waals surface area contributed by atoms with Gasteiger partial charge in [0.15, 0.2) is 0 Å². The fourth-order valence-electron chi connectivity index (χ4n) is 5.74. The number of hydrogen-bond donors (Lipinski definition) is 2. The van der Waals surface area contributed by atoms with Gasteiger partial charge in [-0.2, -0.15) is 5.10 Å². The second-order valence-electron chi connectivity index (χ2n) is 9.69. The second kappa shape index (κ2) is 7.68. The molecule has 2 aliphatic rings. The van der Waals surface area contributed by atoms with E-state index in [-0.39, 0.29) is 17.8 Å². The Bertz CT molecular complexity index is 1170. The van der Waals surface area contributed by atoms with Gasteiger partial charge in [0.05, 0.1) is 23.7 Å². The van der Waals surface area contributed by atoms with Crippen molar-refractivity contribution in [2.24, 2.45) is 10.8 Å². The molecule has 0 radical (unpaired) electrons. The Morgan fingerprint density at radius 2 is 1.84 bits per heavy atom. The average molecular weight is 433 g/mol. The summed E-state index contributed by atoms with van der Waals surface area (Å²) in [6.45, 7) is 4.29. The van der Waals surface area contributed by atoms with E-state index in [0.717, 1.165) is 47.3 Å². The van der Waals surface area contributed by atoms with Gasteiger partial charge < -0.3 is 10.2 Å². The first-order valence-electron chi connectivity index (χ1n) is 11.2. The highest BCUT2D eigenvalue weighted by Gasteiger charge is 2.56. The summed E-state index contributed by atoms with van der Waals surface area (Å²) in [5.41, 5.74) is 5.66. The van der Waals surface area contributed by atoms with E-state index in [1.54, 1.807) is 12.1 Å². The minimum atomic E-state index is -0.623. The molecule has 2 aliphatic carbocycles. The van der Waals surface area contributed by atoms with Crippen LogP contribution in [-0.2, 0) is 6.42 Å². The van der Waals surface area contributed by atoms with E-state index >= 15 is 0 Å². The summed E-state index contributed by atoms with van der Waals surface area (Å²) in [6, 6.07) is 14.4. The summed E-state index contributed by atoms with van der Waals surface area (Å²) in [4.78, 5) is 0. The minimum absolute atomic E-state index is 0.0329. The molecule has 0 amide bonds. The number of aromatic nitrogens is 2. The van der Waals surface area contributed by atoms with Gasteiger partial charge >= 0.3 is 0 Å². The van der Waals surface area contributed by atoms with Gasteiger partial charge in [0.2, 0.25) is 0 Å². The largest absolute Gasteiger partial charge is 0.396 e. The van der Waals surface area contributed by atoms with Gasteiger partial charge in [-0.05, 0) is 74.1 Å². The maximum Gasteiger partial charge on any atom is 0.123 e. The van der Waals surface area contributed by atoms with Gasteiger partial charge in [-0.1, -0.05) is 42.3 Å². The van der Waals surface area contributed by atoms with Crippen LogP contribution in [0.15, 0.2) is 60.3 Å². The molecule has 0 spiro atoms. The number of nitrogens with zero attached hydrogens (tertiary/aromatic N) is 2. The summed E-state index contributed by atoms with van der Waals surface area (Å²) >= 11 is 0. The number of hydrogen-bond acceptors (Lipinski definition) is 3. The smallest absolute Gasteiger partial charge is 0.123 e. The van der Waals surface area contributed by atoms with E-state index in [2.05, 4.69) is 18.1 Å². The van der Waals surface area contributed by atoms with Gasteiger partial charge in [-0.25, -0.2) is 9.07 Å². The molecule has 5 rings (SSSR count). The molecule has 0 aliphatic heterocycles. The minimum Gasteiger partial charge on any atom is -0.396 e. The van der Waals surface area contributed by atoms with Gasteiger partial charge in [0.1, 0.15) is 5.82 Å². The monoisotopic (exact) mass is 432 g/mol. The maximum absolute atomic E-state index is 13.4. The van der Waals surface area contributed by atoms with Gasteiger partial charge in [-0.15, -0.1) is 0 Å². The van der Waals surface area contributed by atoms with E-state index in [1.165, 1.54) is 17.7 Å². The molecule has 166 valence electrons. The van der Waals surface area contributed by atoms with E-state index in [1.807, 2.05) is 42.1 Å². The highest BCUT2D eigenvalue weighted by Crippen LogP contribution is 2.62. The van der Waals surface area contributed by atoms with Crippen LogP contribution in [-0.4, -0.2) is 26.6 Å². The lowest BCUT2D eigenvalue weighted by Gasteiger charge is -2.46. The van der Waals surface area contributed by atoms with Crippen molar-refractivity contribution in [3.8, 4) is 5.69 Å². The van der Waals surface area contributed by atoms with Gasteiger partial charge in [0, 0.05) is 17.4 Å². The van der Waals surface area contributed by atoms with E-state index in [9.17, 15) is 14.6 Å². The predicted octanol–water partition coefficient (Wildman–Crippen LogP) is 5.16. The van der Waals surface area contributed by atoms with Crippen LogP contribution in [0.4, 0.5) is 4.39 Å². The Balaban J connectivity index is 1.48. The lowest BCUT2D eigenvalue weighted by Crippen LogP contribution is -2.43. The van der Waals surface area contributed by atoms with Crippen LogP contribution in [0, 0.1) is 23.6 Å².